The molecule has 0 aliphatic carbocycles. The Morgan fingerprint density at radius 2 is 1.62 bits per heavy atom. The lowest BCUT2D eigenvalue weighted by Gasteiger charge is -2.27. The van der Waals surface area contributed by atoms with Crippen molar-refractivity contribution < 1.29 is 9.53 Å². The number of hydrogen-bond donors (Lipinski definition) is 1. The first-order valence-electron chi connectivity index (χ1n) is 10.9. The van der Waals surface area contributed by atoms with E-state index in [4.69, 9.17) is 4.74 Å². The second-order valence-electron chi connectivity index (χ2n) is 8.07. The van der Waals surface area contributed by atoms with Gasteiger partial charge in [0.1, 0.15) is 11.5 Å². The van der Waals surface area contributed by atoms with Crippen LogP contribution in [0.2, 0.25) is 0 Å². The average Bonchev–Trinajstić information content (AvgIpc) is 3.30. The number of aromatic nitrogens is 1. The monoisotopic (exact) mass is 440 g/mol. The molecule has 1 aromatic heterocycles. The van der Waals surface area contributed by atoms with Crippen LogP contribution in [0.15, 0.2) is 78.2 Å². The van der Waals surface area contributed by atoms with Gasteiger partial charge in [0.25, 0.3) is 0 Å². The smallest absolute Gasteiger partial charge is 0.238 e. The highest BCUT2D eigenvalue weighted by molar-refractivity contribution is 7.14. The summed E-state index contributed by atoms with van der Waals surface area (Å²) in [6, 6.07) is 23.9. The normalized spacial score (nSPS) is 13.6. The molecule has 4 nitrogen and oxygen atoms in total. The van der Waals surface area contributed by atoms with Crippen molar-refractivity contribution in [1.29, 1.82) is 0 Å². The van der Waals surface area contributed by atoms with E-state index in [0.717, 1.165) is 28.8 Å². The number of rotatable bonds is 5. The lowest BCUT2D eigenvalue weighted by atomic mass is 9.87. The van der Waals surface area contributed by atoms with Crippen LogP contribution in [0.1, 0.15) is 48.8 Å². The molecule has 1 atom stereocenters. The van der Waals surface area contributed by atoms with Gasteiger partial charge in [0, 0.05) is 22.1 Å². The highest BCUT2D eigenvalue weighted by Crippen LogP contribution is 2.44. The first-order chi connectivity index (χ1) is 15.6. The molecule has 1 N–H and O–H groups in total. The molecule has 5 rings (SSSR count). The Morgan fingerprint density at radius 1 is 1.00 bits per heavy atom. The van der Waals surface area contributed by atoms with Crippen LogP contribution in [-0.4, -0.2) is 10.9 Å². The van der Waals surface area contributed by atoms with E-state index in [0.29, 0.717) is 22.5 Å². The fourth-order valence-corrected chi connectivity index (χ4v) is 4.77. The molecule has 4 aromatic rings. The first kappa shape index (κ1) is 20.5. The second kappa shape index (κ2) is 8.60. The number of anilines is 1. The Kier molecular flexibility index (Phi) is 5.50. The summed E-state index contributed by atoms with van der Waals surface area (Å²) < 4.78 is 6.01. The van der Waals surface area contributed by atoms with Gasteiger partial charge in [0.15, 0.2) is 5.13 Å². The van der Waals surface area contributed by atoms with Crippen LogP contribution in [0.25, 0.3) is 11.3 Å². The second-order valence-corrected chi connectivity index (χ2v) is 8.93. The van der Waals surface area contributed by atoms with E-state index in [1.807, 2.05) is 53.9 Å². The Bertz CT molecular complexity index is 1220. The summed E-state index contributed by atoms with van der Waals surface area (Å²) in [6.07, 6.45) is 1.12. The molecule has 2 heterocycles. The zero-order chi connectivity index (χ0) is 22.1. The number of carbonyl (C=O) groups excluding carboxylic acids is 1. The van der Waals surface area contributed by atoms with Crippen molar-refractivity contribution in [2.24, 2.45) is 0 Å². The van der Waals surface area contributed by atoms with Gasteiger partial charge >= 0.3 is 0 Å². The van der Waals surface area contributed by atoms with Crippen LogP contribution in [0.5, 0.6) is 11.5 Å². The third kappa shape index (κ3) is 3.80. The number of nitrogens with zero attached hydrogens (tertiary/aromatic N) is 1. The number of fused-ring (bicyclic) bond motifs is 2. The summed E-state index contributed by atoms with van der Waals surface area (Å²) in [5, 5.41) is 5.62. The van der Waals surface area contributed by atoms with E-state index in [1.54, 1.807) is 0 Å². The minimum absolute atomic E-state index is 0.110. The highest BCUT2D eigenvalue weighted by Gasteiger charge is 2.32. The maximum atomic E-state index is 13.4. The summed E-state index contributed by atoms with van der Waals surface area (Å²) in [5.41, 5.74) is 4.98. The van der Waals surface area contributed by atoms with E-state index in [1.165, 1.54) is 16.9 Å². The van der Waals surface area contributed by atoms with Crippen LogP contribution < -0.4 is 10.1 Å². The lowest BCUT2D eigenvalue weighted by Crippen LogP contribution is -2.25. The molecule has 1 aliphatic rings. The molecular weight excluding hydrogens is 416 g/mol. The molecule has 1 unspecified atom stereocenters. The summed E-state index contributed by atoms with van der Waals surface area (Å²) in [4.78, 5) is 18.1. The number of benzene rings is 3. The van der Waals surface area contributed by atoms with Gasteiger partial charge in [-0.25, -0.2) is 4.98 Å². The van der Waals surface area contributed by atoms with Crippen molar-refractivity contribution in [1.82, 2.24) is 4.98 Å². The van der Waals surface area contributed by atoms with Crippen LogP contribution in [0, 0.1) is 0 Å². The number of thiazole rings is 1. The Morgan fingerprint density at radius 3 is 2.25 bits per heavy atom. The highest BCUT2D eigenvalue weighted by atomic mass is 32.1. The largest absolute Gasteiger partial charge is 0.457 e. The molecule has 3 aromatic carbocycles. The molecule has 1 amide bonds. The Balaban J connectivity index is 1.39. The minimum Gasteiger partial charge on any atom is -0.457 e. The van der Waals surface area contributed by atoms with Gasteiger partial charge in [-0.3, -0.25) is 4.79 Å². The van der Waals surface area contributed by atoms with Gasteiger partial charge in [0.05, 0.1) is 11.6 Å². The van der Waals surface area contributed by atoms with Crippen molar-refractivity contribution in [2.45, 2.75) is 32.1 Å². The van der Waals surface area contributed by atoms with Crippen LogP contribution in [0.4, 0.5) is 5.13 Å². The maximum Gasteiger partial charge on any atom is 0.238 e. The molecule has 0 saturated heterocycles. The standard InChI is InChI=1S/C27H24N2O2S/c1-3-17(2)18-12-14-19(15-13-18)22-16-32-27(28-22)29-26(30)25-20-8-4-6-10-23(20)31-24-11-7-5-9-21(24)25/h4-17,25H,3H2,1-2H3,(H,28,29,30). The molecule has 1 aliphatic heterocycles. The summed E-state index contributed by atoms with van der Waals surface area (Å²) in [5.74, 6) is 1.42. The number of carbonyl (C=O) groups is 1. The van der Waals surface area contributed by atoms with Crippen LogP contribution in [-0.2, 0) is 4.79 Å². The molecule has 5 heteroatoms. The van der Waals surface area contributed by atoms with E-state index >= 15 is 0 Å². The van der Waals surface area contributed by atoms with E-state index in [-0.39, 0.29) is 5.91 Å². The maximum absolute atomic E-state index is 13.4. The molecular formula is C27H24N2O2S. The number of ether oxygens (including phenoxy) is 1. The van der Waals surface area contributed by atoms with Crippen molar-refractivity contribution in [3.63, 3.8) is 0 Å². The van der Waals surface area contributed by atoms with Crippen LogP contribution in [0.3, 0.4) is 0 Å². The quantitative estimate of drug-likeness (QED) is 0.357. The molecule has 0 spiro atoms. The lowest BCUT2D eigenvalue weighted by molar-refractivity contribution is -0.116. The number of nitrogens with one attached hydrogen (secondary N) is 1. The summed E-state index contributed by atoms with van der Waals surface area (Å²) in [6.45, 7) is 4.43. The third-order valence-electron chi connectivity index (χ3n) is 6.06. The van der Waals surface area contributed by atoms with Crippen molar-refractivity contribution >= 4 is 22.4 Å². The zero-order valence-corrected chi connectivity index (χ0v) is 18.9. The van der Waals surface area contributed by atoms with E-state index in [2.05, 4.69) is 48.4 Å². The predicted molar refractivity (Wildman–Crippen MR) is 130 cm³/mol. The van der Waals surface area contributed by atoms with Gasteiger partial charge < -0.3 is 10.1 Å². The first-order valence-corrected chi connectivity index (χ1v) is 11.7. The SMILES string of the molecule is CCC(C)c1ccc(-c2csc(NC(=O)C3c4ccccc4Oc4ccccc43)n2)cc1. The van der Waals surface area contributed by atoms with Crippen molar-refractivity contribution in [3.05, 3.63) is 94.9 Å². The van der Waals surface area contributed by atoms with E-state index in [9.17, 15) is 4.79 Å². The fourth-order valence-electron chi connectivity index (χ4n) is 4.05. The Hall–Kier alpha value is -3.44. The van der Waals surface area contributed by atoms with E-state index < -0.39 is 5.92 Å². The summed E-state index contributed by atoms with van der Waals surface area (Å²) >= 11 is 1.44. The zero-order valence-electron chi connectivity index (χ0n) is 18.0. The van der Waals surface area contributed by atoms with Gasteiger partial charge in [-0.05, 0) is 30.0 Å². The number of para-hydroxylation sites is 2. The third-order valence-corrected chi connectivity index (χ3v) is 6.82. The molecule has 0 bridgehead atoms. The van der Waals surface area contributed by atoms with Gasteiger partial charge in [-0.15, -0.1) is 11.3 Å². The molecule has 160 valence electrons. The molecule has 0 fully saturated rings. The van der Waals surface area contributed by atoms with Gasteiger partial charge in [-0.2, -0.15) is 0 Å². The Labute approximate surface area is 191 Å². The predicted octanol–water partition coefficient (Wildman–Crippen LogP) is 7.20. The topological polar surface area (TPSA) is 51.2 Å². The molecule has 32 heavy (non-hydrogen) atoms. The minimum atomic E-state index is -0.446. The van der Waals surface area contributed by atoms with Crippen molar-refractivity contribution in [2.75, 3.05) is 5.32 Å². The van der Waals surface area contributed by atoms with Crippen molar-refractivity contribution in [3.8, 4) is 22.8 Å². The number of amides is 1. The fraction of sp³-hybridized carbons (Fsp3) is 0.185. The van der Waals surface area contributed by atoms with Crippen LogP contribution >= 0.6 is 11.3 Å². The molecule has 0 saturated carbocycles. The summed E-state index contributed by atoms with van der Waals surface area (Å²) in [7, 11) is 0. The van der Waals surface area contributed by atoms with Gasteiger partial charge in [0.2, 0.25) is 5.91 Å². The number of hydrogen-bond acceptors (Lipinski definition) is 4. The average molecular weight is 441 g/mol. The van der Waals surface area contributed by atoms with Gasteiger partial charge in [-0.1, -0.05) is 74.5 Å². The molecule has 0 radical (unpaired) electrons.